The number of carbonyl (C=O) groups excluding carboxylic acids is 4. The SMILES string of the molecule is C[C@H]1CC[C@@H](C(=O)N[C@H](C#N)C[C@@H]2CCC(C)(C)NC2=O)N(C(=O)[C@@H](NC(=O)C(F)(F)F)C(C)(C)C)C1. The number of hydrogen-bond donors (Lipinski definition) is 3. The molecule has 0 aliphatic carbocycles. The van der Waals surface area contributed by atoms with Crippen molar-refractivity contribution in [2.24, 2.45) is 17.3 Å². The van der Waals surface area contributed by atoms with Gasteiger partial charge in [0, 0.05) is 18.0 Å². The zero-order valence-electron chi connectivity index (χ0n) is 22.3. The molecular weight excluding hydrogens is 491 g/mol. The van der Waals surface area contributed by atoms with Crippen LogP contribution in [0.15, 0.2) is 0 Å². The largest absolute Gasteiger partial charge is 0.471 e. The lowest BCUT2D eigenvalue weighted by atomic mass is 9.83. The lowest BCUT2D eigenvalue weighted by Gasteiger charge is -2.42. The Balaban J connectivity index is 2.19. The van der Waals surface area contributed by atoms with Crippen molar-refractivity contribution in [3.63, 3.8) is 0 Å². The molecule has 0 radical (unpaired) electrons. The van der Waals surface area contributed by atoms with Crippen molar-refractivity contribution in [3.05, 3.63) is 0 Å². The molecule has 0 aromatic rings. The predicted molar refractivity (Wildman–Crippen MR) is 128 cm³/mol. The molecule has 3 N–H and O–H groups in total. The van der Waals surface area contributed by atoms with E-state index >= 15 is 0 Å². The summed E-state index contributed by atoms with van der Waals surface area (Å²) in [6.07, 6.45) is -2.95. The third-order valence-corrected chi connectivity index (χ3v) is 6.99. The maximum Gasteiger partial charge on any atom is 0.471 e. The number of piperidine rings is 2. The van der Waals surface area contributed by atoms with Crippen molar-refractivity contribution in [2.75, 3.05) is 6.54 Å². The van der Waals surface area contributed by atoms with Crippen molar-refractivity contribution < 1.29 is 32.3 Å². The molecule has 0 aromatic heterocycles. The highest BCUT2D eigenvalue weighted by atomic mass is 19.4. The summed E-state index contributed by atoms with van der Waals surface area (Å²) in [5.41, 5.74) is -1.42. The smallest absolute Gasteiger partial charge is 0.351 e. The Morgan fingerprint density at radius 3 is 2.30 bits per heavy atom. The van der Waals surface area contributed by atoms with E-state index < -0.39 is 53.4 Å². The maximum atomic E-state index is 13.5. The van der Waals surface area contributed by atoms with Crippen LogP contribution in [0, 0.1) is 28.6 Å². The average molecular weight is 530 g/mol. The minimum absolute atomic E-state index is 0.0204. The van der Waals surface area contributed by atoms with Gasteiger partial charge in [-0.15, -0.1) is 0 Å². The molecule has 12 heteroatoms. The van der Waals surface area contributed by atoms with Gasteiger partial charge in [0.1, 0.15) is 18.1 Å². The molecule has 0 unspecified atom stereocenters. The first kappa shape index (κ1) is 30.4. The molecule has 2 fully saturated rings. The number of halogens is 3. The Kier molecular flexibility index (Phi) is 9.26. The van der Waals surface area contributed by atoms with E-state index in [0.29, 0.717) is 12.8 Å². The zero-order valence-corrected chi connectivity index (χ0v) is 22.3. The minimum atomic E-state index is -5.17. The third-order valence-electron chi connectivity index (χ3n) is 6.99. The summed E-state index contributed by atoms with van der Waals surface area (Å²) >= 11 is 0. The molecule has 0 spiro atoms. The number of nitriles is 1. The van der Waals surface area contributed by atoms with Gasteiger partial charge in [0.25, 0.3) is 0 Å². The number of amides is 4. The number of nitrogens with zero attached hydrogens (tertiary/aromatic N) is 2. The van der Waals surface area contributed by atoms with Crippen LogP contribution in [0.3, 0.4) is 0 Å². The van der Waals surface area contributed by atoms with Gasteiger partial charge in [0.05, 0.1) is 6.07 Å². The van der Waals surface area contributed by atoms with Crippen molar-refractivity contribution in [1.29, 1.82) is 5.26 Å². The van der Waals surface area contributed by atoms with Crippen molar-refractivity contribution in [1.82, 2.24) is 20.9 Å². The second kappa shape index (κ2) is 11.3. The first-order valence-electron chi connectivity index (χ1n) is 12.6. The predicted octanol–water partition coefficient (Wildman–Crippen LogP) is 2.41. The normalized spacial score (nSPS) is 25.8. The first-order chi connectivity index (χ1) is 16.9. The molecule has 0 aromatic carbocycles. The fourth-order valence-corrected chi connectivity index (χ4v) is 4.78. The lowest BCUT2D eigenvalue weighted by molar-refractivity contribution is -0.176. The number of hydrogen-bond acceptors (Lipinski definition) is 5. The van der Waals surface area contributed by atoms with Gasteiger partial charge >= 0.3 is 12.1 Å². The standard InChI is InChI=1S/C25H38F3N5O4/c1-14-7-8-17(20(35)30-16(12-29)11-15-9-10-24(5,6)32-19(15)34)33(13-14)21(36)18(23(2,3)4)31-22(37)25(26,27)28/h14-18H,7-11,13H2,1-6H3,(H,30,35)(H,31,37)(H,32,34)/t14-,15-,16-,17-,18+/m0/s1. The Morgan fingerprint density at radius 2 is 1.78 bits per heavy atom. The molecular formula is C25H38F3N5O4. The maximum absolute atomic E-state index is 13.5. The molecule has 2 saturated heterocycles. The molecule has 2 heterocycles. The number of alkyl halides is 3. The molecule has 2 aliphatic rings. The van der Waals surface area contributed by atoms with E-state index in [1.54, 1.807) is 5.32 Å². The van der Waals surface area contributed by atoms with E-state index in [1.807, 2.05) is 26.8 Å². The summed E-state index contributed by atoms with van der Waals surface area (Å²) in [5, 5.41) is 17.0. The van der Waals surface area contributed by atoms with Crippen LogP contribution in [0.1, 0.15) is 73.6 Å². The van der Waals surface area contributed by atoms with Crippen LogP contribution in [0.5, 0.6) is 0 Å². The van der Waals surface area contributed by atoms with E-state index in [4.69, 9.17) is 0 Å². The zero-order chi connectivity index (χ0) is 28.3. The summed E-state index contributed by atoms with van der Waals surface area (Å²) in [5.74, 6) is -4.30. The lowest BCUT2D eigenvalue weighted by Crippen LogP contribution is -2.63. The molecule has 0 saturated carbocycles. The highest BCUT2D eigenvalue weighted by Gasteiger charge is 2.47. The van der Waals surface area contributed by atoms with Crippen molar-refractivity contribution in [2.45, 2.75) is 103 Å². The summed E-state index contributed by atoms with van der Waals surface area (Å²) < 4.78 is 38.9. The van der Waals surface area contributed by atoms with Gasteiger partial charge in [-0.25, -0.2) is 0 Å². The van der Waals surface area contributed by atoms with Gasteiger partial charge in [-0.3, -0.25) is 19.2 Å². The summed E-state index contributed by atoms with van der Waals surface area (Å²) in [4.78, 5) is 52.1. The number of nitrogens with one attached hydrogen (secondary N) is 3. The van der Waals surface area contributed by atoms with Crippen molar-refractivity contribution in [3.8, 4) is 6.07 Å². The first-order valence-corrected chi connectivity index (χ1v) is 12.6. The molecule has 208 valence electrons. The fourth-order valence-electron chi connectivity index (χ4n) is 4.78. The minimum Gasteiger partial charge on any atom is -0.351 e. The Morgan fingerprint density at radius 1 is 1.16 bits per heavy atom. The quantitative estimate of drug-likeness (QED) is 0.486. The van der Waals surface area contributed by atoms with Crippen LogP contribution in [-0.2, 0) is 19.2 Å². The van der Waals surface area contributed by atoms with Crippen LogP contribution >= 0.6 is 0 Å². The third kappa shape index (κ3) is 8.07. The van der Waals surface area contributed by atoms with Crippen LogP contribution in [0.25, 0.3) is 0 Å². The van der Waals surface area contributed by atoms with Gasteiger partial charge in [-0.1, -0.05) is 27.7 Å². The molecule has 37 heavy (non-hydrogen) atoms. The van der Waals surface area contributed by atoms with Gasteiger partial charge in [0.2, 0.25) is 17.7 Å². The number of rotatable bonds is 6. The van der Waals surface area contributed by atoms with Gasteiger partial charge in [0.15, 0.2) is 0 Å². The highest BCUT2D eigenvalue weighted by molar-refractivity contribution is 5.94. The number of carbonyl (C=O) groups is 4. The van der Waals surface area contributed by atoms with E-state index in [9.17, 15) is 37.6 Å². The van der Waals surface area contributed by atoms with Gasteiger partial charge in [-0.05, 0) is 57.3 Å². The Bertz CT molecular complexity index is 938. The highest BCUT2D eigenvalue weighted by Crippen LogP contribution is 2.29. The van der Waals surface area contributed by atoms with Crippen LogP contribution in [-0.4, -0.2) is 64.9 Å². The second-order valence-electron chi connectivity index (χ2n) is 12.0. The average Bonchev–Trinajstić information content (AvgIpc) is 2.75. The van der Waals surface area contributed by atoms with E-state index in [-0.39, 0.29) is 36.8 Å². The van der Waals surface area contributed by atoms with E-state index in [2.05, 4.69) is 10.6 Å². The molecule has 0 bridgehead atoms. The van der Waals surface area contributed by atoms with Gasteiger partial charge < -0.3 is 20.9 Å². The van der Waals surface area contributed by atoms with E-state index in [1.165, 1.54) is 25.7 Å². The van der Waals surface area contributed by atoms with Crippen molar-refractivity contribution >= 4 is 23.6 Å². The molecule has 2 aliphatic heterocycles. The van der Waals surface area contributed by atoms with E-state index in [0.717, 1.165) is 6.42 Å². The van der Waals surface area contributed by atoms with Crippen LogP contribution in [0.4, 0.5) is 13.2 Å². The molecule has 2 rings (SSSR count). The van der Waals surface area contributed by atoms with Crippen LogP contribution in [0.2, 0.25) is 0 Å². The monoisotopic (exact) mass is 529 g/mol. The topological polar surface area (TPSA) is 131 Å². The summed E-state index contributed by atoms with van der Waals surface area (Å²) in [6.45, 7) is 10.4. The second-order valence-corrected chi connectivity index (χ2v) is 12.0. The fraction of sp³-hybridized carbons (Fsp3) is 0.800. The molecule has 5 atom stereocenters. The molecule has 9 nitrogen and oxygen atoms in total. The van der Waals surface area contributed by atoms with Gasteiger partial charge in [-0.2, -0.15) is 18.4 Å². The Labute approximate surface area is 215 Å². The number of likely N-dealkylation sites (tertiary alicyclic amines) is 1. The molecule has 4 amide bonds. The summed E-state index contributed by atoms with van der Waals surface area (Å²) in [7, 11) is 0. The Hall–Kier alpha value is -2.84. The summed E-state index contributed by atoms with van der Waals surface area (Å²) in [6, 6.07) is -1.52. The van der Waals surface area contributed by atoms with Crippen LogP contribution < -0.4 is 16.0 Å².